The van der Waals surface area contributed by atoms with Crippen LogP contribution in [0.4, 0.5) is 18.9 Å². The Kier molecular flexibility index (Phi) is 5.37. The van der Waals surface area contributed by atoms with Crippen molar-refractivity contribution in [1.82, 2.24) is 0 Å². The van der Waals surface area contributed by atoms with Crippen LogP contribution in [0.3, 0.4) is 0 Å². The molecule has 1 aromatic rings. The van der Waals surface area contributed by atoms with Crippen LogP contribution in [0.25, 0.3) is 5.57 Å². The summed E-state index contributed by atoms with van der Waals surface area (Å²) in [4.78, 5) is 9.84. The molecule has 5 nitrogen and oxygen atoms in total. The quantitative estimate of drug-likeness (QED) is 0.524. The Morgan fingerprint density at radius 2 is 2.00 bits per heavy atom. The van der Waals surface area contributed by atoms with E-state index in [1.807, 2.05) is 0 Å². The smallest absolute Gasteiger partial charge is 0.416 e. The third-order valence-electron chi connectivity index (χ3n) is 2.76. The van der Waals surface area contributed by atoms with Crippen LogP contribution in [0.1, 0.15) is 25.0 Å². The zero-order chi connectivity index (χ0) is 16.4. The molecule has 0 aliphatic heterocycles. The zero-order valence-corrected chi connectivity index (χ0v) is 12.0. The fraction of sp³-hybridized carbons (Fsp3) is 0.333. The molecule has 0 saturated heterocycles. The Morgan fingerprint density at radius 3 is 2.43 bits per heavy atom. The maximum Gasteiger partial charge on any atom is 0.416 e. The van der Waals surface area contributed by atoms with Crippen LogP contribution in [-0.4, -0.2) is 14.7 Å². The van der Waals surface area contributed by atoms with Crippen molar-refractivity contribution in [2.24, 2.45) is 5.14 Å². The van der Waals surface area contributed by atoms with Crippen molar-refractivity contribution in [3.8, 4) is 0 Å². The zero-order valence-electron chi connectivity index (χ0n) is 11.2. The van der Waals surface area contributed by atoms with Crippen LogP contribution in [0.5, 0.6) is 0 Å². The third-order valence-corrected chi connectivity index (χ3v) is 3.63. The van der Waals surface area contributed by atoms with Gasteiger partial charge < -0.3 is 4.55 Å². The fourth-order valence-corrected chi connectivity index (χ4v) is 1.96. The lowest BCUT2D eigenvalue weighted by molar-refractivity contribution is -0.385. The highest BCUT2D eigenvalue weighted by atomic mass is 32.2. The van der Waals surface area contributed by atoms with Gasteiger partial charge in [-0.3, -0.25) is 10.1 Å². The molecule has 9 heteroatoms. The lowest BCUT2D eigenvalue weighted by Crippen LogP contribution is -2.24. The summed E-state index contributed by atoms with van der Waals surface area (Å²) in [5, 5.41) is 15.3. The minimum Gasteiger partial charge on any atom is -0.598 e. The number of nitrogens with two attached hydrogens (primary N) is 1. The second kappa shape index (κ2) is 6.46. The number of halogens is 3. The van der Waals surface area contributed by atoms with Crippen molar-refractivity contribution in [2.75, 3.05) is 0 Å². The summed E-state index contributed by atoms with van der Waals surface area (Å²) in [7, 11) is 0. The van der Waals surface area contributed by atoms with Gasteiger partial charge in [0.2, 0.25) is 0 Å². The second-order valence-electron chi connectivity index (χ2n) is 4.41. The summed E-state index contributed by atoms with van der Waals surface area (Å²) in [5.74, 6) is 0. The normalized spacial score (nSPS) is 15.7. The van der Waals surface area contributed by atoms with Gasteiger partial charge in [-0.2, -0.15) is 18.3 Å². The van der Waals surface area contributed by atoms with E-state index in [0.717, 1.165) is 12.1 Å². The maximum absolute atomic E-state index is 12.8. The molecule has 0 fully saturated rings. The first-order valence-corrected chi connectivity index (χ1v) is 7.00. The van der Waals surface area contributed by atoms with Crippen LogP contribution in [0.2, 0.25) is 0 Å². The standard InChI is InChI=1S/C12H13F3N2O3S/c1-7(3-8(2)21(16)20)9-4-10(12(13,14)15)6-11(5-9)17(18)19/h3-6,8H,16H2,1-2H3. The van der Waals surface area contributed by atoms with E-state index < -0.39 is 39.0 Å². The highest BCUT2D eigenvalue weighted by molar-refractivity contribution is 7.89. The molecule has 0 spiro atoms. The van der Waals surface area contributed by atoms with Gasteiger partial charge in [-0.25, -0.2) is 0 Å². The lowest BCUT2D eigenvalue weighted by atomic mass is 10.0. The highest BCUT2D eigenvalue weighted by Gasteiger charge is 2.33. The summed E-state index contributed by atoms with van der Waals surface area (Å²) in [6.07, 6.45) is -3.28. The molecule has 0 aliphatic carbocycles. The number of hydrogen-bond donors (Lipinski definition) is 1. The first-order chi connectivity index (χ1) is 9.52. The van der Waals surface area contributed by atoms with E-state index in [1.54, 1.807) is 0 Å². The van der Waals surface area contributed by atoms with E-state index in [1.165, 1.54) is 19.9 Å². The molecule has 0 saturated carbocycles. The summed E-state index contributed by atoms with van der Waals surface area (Å²) < 4.78 is 49.3. The number of nitrogens with zero attached hydrogens (tertiary/aromatic N) is 1. The van der Waals surface area contributed by atoms with Crippen molar-refractivity contribution in [3.63, 3.8) is 0 Å². The molecule has 0 aliphatic rings. The Labute approximate surface area is 122 Å². The van der Waals surface area contributed by atoms with E-state index >= 15 is 0 Å². The molecule has 0 bridgehead atoms. The van der Waals surface area contributed by atoms with Crippen LogP contribution < -0.4 is 5.14 Å². The number of benzene rings is 1. The van der Waals surface area contributed by atoms with Crippen molar-refractivity contribution in [3.05, 3.63) is 45.5 Å². The van der Waals surface area contributed by atoms with Gasteiger partial charge in [0, 0.05) is 23.5 Å². The Balaban J connectivity index is 3.35. The Morgan fingerprint density at radius 1 is 1.43 bits per heavy atom. The number of non-ortho nitro benzene ring substituents is 1. The molecule has 116 valence electrons. The van der Waals surface area contributed by atoms with Crippen LogP contribution in [0, 0.1) is 10.1 Å². The molecule has 0 heterocycles. The van der Waals surface area contributed by atoms with E-state index in [9.17, 15) is 27.8 Å². The van der Waals surface area contributed by atoms with E-state index in [0.29, 0.717) is 11.6 Å². The third kappa shape index (κ3) is 4.73. The fourth-order valence-electron chi connectivity index (χ4n) is 1.62. The number of hydrogen-bond acceptors (Lipinski definition) is 4. The van der Waals surface area contributed by atoms with Gasteiger partial charge in [0.15, 0.2) is 5.25 Å². The van der Waals surface area contributed by atoms with Crippen molar-refractivity contribution < 1.29 is 22.6 Å². The summed E-state index contributed by atoms with van der Waals surface area (Å²) in [5.41, 5.74) is -1.40. The molecule has 0 aromatic heterocycles. The first-order valence-electron chi connectivity index (χ1n) is 5.73. The van der Waals surface area contributed by atoms with Crippen molar-refractivity contribution in [1.29, 1.82) is 0 Å². The predicted molar refractivity (Wildman–Crippen MR) is 73.5 cm³/mol. The molecule has 1 aromatic carbocycles. The van der Waals surface area contributed by atoms with E-state index in [4.69, 9.17) is 5.14 Å². The average Bonchev–Trinajstić information content (AvgIpc) is 2.36. The highest BCUT2D eigenvalue weighted by Crippen LogP contribution is 2.34. The van der Waals surface area contributed by atoms with Crippen molar-refractivity contribution >= 4 is 22.6 Å². The summed E-state index contributed by atoms with van der Waals surface area (Å²) in [6, 6.07) is 2.32. The van der Waals surface area contributed by atoms with Gasteiger partial charge >= 0.3 is 6.18 Å². The summed E-state index contributed by atoms with van der Waals surface area (Å²) in [6.45, 7) is 3.00. The number of rotatable bonds is 4. The monoisotopic (exact) mass is 322 g/mol. The minimum absolute atomic E-state index is 0.0359. The van der Waals surface area contributed by atoms with E-state index in [-0.39, 0.29) is 5.56 Å². The topological polar surface area (TPSA) is 92.2 Å². The molecule has 2 N–H and O–H groups in total. The van der Waals surface area contributed by atoms with E-state index in [2.05, 4.69) is 0 Å². The first kappa shape index (κ1) is 17.5. The van der Waals surface area contributed by atoms with Crippen LogP contribution in [0.15, 0.2) is 24.3 Å². The molecule has 2 unspecified atom stereocenters. The van der Waals surface area contributed by atoms with Crippen LogP contribution >= 0.6 is 0 Å². The second-order valence-corrected chi connectivity index (χ2v) is 5.81. The molecular weight excluding hydrogens is 309 g/mol. The largest absolute Gasteiger partial charge is 0.598 e. The van der Waals surface area contributed by atoms with Gasteiger partial charge in [0.1, 0.15) is 0 Å². The van der Waals surface area contributed by atoms with Crippen LogP contribution in [-0.2, 0) is 17.5 Å². The number of alkyl halides is 3. The molecule has 0 radical (unpaired) electrons. The van der Waals surface area contributed by atoms with Gasteiger partial charge in [-0.05, 0) is 37.1 Å². The Bertz CT molecular complexity index is 573. The molecule has 21 heavy (non-hydrogen) atoms. The summed E-state index contributed by atoms with van der Waals surface area (Å²) >= 11 is -1.67. The number of nitro groups is 1. The molecule has 0 amide bonds. The predicted octanol–water partition coefficient (Wildman–Crippen LogP) is 3.03. The average molecular weight is 322 g/mol. The van der Waals surface area contributed by atoms with Gasteiger partial charge in [-0.15, -0.1) is 0 Å². The van der Waals surface area contributed by atoms with Crippen molar-refractivity contribution in [2.45, 2.75) is 25.3 Å². The Hall–Kier alpha value is -1.58. The van der Waals surface area contributed by atoms with Gasteiger partial charge in [0.05, 0.1) is 10.5 Å². The lowest BCUT2D eigenvalue weighted by Gasteiger charge is -2.12. The number of nitro benzene ring substituents is 1. The maximum atomic E-state index is 12.8. The molecule has 2 atom stereocenters. The van der Waals surface area contributed by atoms with Gasteiger partial charge in [0.25, 0.3) is 5.69 Å². The number of allylic oxidation sites excluding steroid dienone is 1. The SMILES string of the molecule is CC(=CC(C)[S+](N)[O-])c1cc([N+](=O)[O-])cc(C(F)(F)F)c1. The molecular formula is C12H13F3N2O3S. The minimum atomic E-state index is -4.69. The van der Waals surface area contributed by atoms with Gasteiger partial charge in [-0.1, -0.05) is 0 Å². The molecule has 1 rings (SSSR count).